The second-order valence-electron chi connectivity index (χ2n) is 5.32. The van der Waals surface area contributed by atoms with Crippen LogP contribution in [-0.4, -0.2) is 59.4 Å². The third-order valence-corrected chi connectivity index (χ3v) is 3.70. The Hall–Kier alpha value is -1.67. The predicted octanol–water partition coefficient (Wildman–Crippen LogP) is -0.397. The highest BCUT2D eigenvalue weighted by Gasteiger charge is 2.45. The number of benzene rings is 1. The average molecular weight is 327 g/mol. The normalized spacial score (nSPS) is 16.3. The molecule has 3 atom stereocenters. The molecule has 23 heavy (non-hydrogen) atoms. The van der Waals surface area contributed by atoms with Gasteiger partial charge >= 0.3 is 5.97 Å². The smallest absolute Gasteiger partial charge is 0.331 e. The molecule has 1 rings (SSSR count). The van der Waals surface area contributed by atoms with Gasteiger partial charge in [-0.3, -0.25) is 0 Å². The molecule has 0 aliphatic carbocycles. The van der Waals surface area contributed by atoms with Crippen molar-refractivity contribution < 1.29 is 29.6 Å². The molecule has 0 saturated carbocycles. The first-order valence-corrected chi connectivity index (χ1v) is 7.45. The summed E-state index contributed by atoms with van der Waals surface area (Å²) in [5, 5.41) is 29.6. The topological polar surface area (TPSA) is 122 Å². The van der Waals surface area contributed by atoms with Crippen LogP contribution in [0.3, 0.4) is 0 Å². The molecular weight excluding hydrogens is 302 g/mol. The molecule has 0 bridgehead atoms. The summed E-state index contributed by atoms with van der Waals surface area (Å²) in [6.07, 6.45) is -2.28. The quantitative estimate of drug-likeness (QED) is 0.455. The molecule has 0 spiro atoms. The Morgan fingerprint density at radius 2 is 1.91 bits per heavy atom. The number of esters is 1. The van der Waals surface area contributed by atoms with Gasteiger partial charge in [-0.15, -0.1) is 0 Å². The van der Waals surface area contributed by atoms with E-state index in [1.165, 1.54) is 0 Å². The number of rotatable bonds is 9. The molecule has 0 radical (unpaired) electrons. The minimum atomic E-state index is -2.05. The fraction of sp³-hybridized carbons (Fsp3) is 0.562. The zero-order chi connectivity index (χ0) is 17.5. The molecule has 0 saturated heterocycles. The SMILES string of the molecule is CCOC(=O)C(N)(CO)C(O)C(O)CCc1ccc(OC)cc1. The van der Waals surface area contributed by atoms with Gasteiger partial charge in [-0.1, -0.05) is 12.1 Å². The highest BCUT2D eigenvalue weighted by atomic mass is 16.5. The van der Waals surface area contributed by atoms with E-state index < -0.39 is 30.3 Å². The van der Waals surface area contributed by atoms with Crippen LogP contribution in [0.4, 0.5) is 0 Å². The van der Waals surface area contributed by atoms with Crippen LogP contribution in [0.1, 0.15) is 18.9 Å². The molecule has 0 aromatic heterocycles. The van der Waals surface area contributed by atoms with Gasteiger partial charge in [0.15, 0.2) is 5.54 Å². The molecule has 0 aliphatic rings. The molecule has 0 fully saturated rings. The van der Waals surface area contributed by atoms with Crippen molar-refractivity contribution in [2.45, 2.75) is 37.5 Å². The summed E-state index contributed by atoms with van der Waals surface area (Å²) in [5.41, 5.74) is 4.61. The van der Waals surface area contributed by atoms with E-state index in [-0.39, 0.29) is 13.0 Å². The van der Waals surface area contributed by atoms with Crippen molar-refractivity contribution >= 4 is 5.97 Å². The first-order chi connectivity index (χ1) is 10.9. The molecule has 0 heterocycles. The molecular formula is C16H25NO6. The number of carbonyl (C=O) groups excluding carboxylic acids is 1. The van der Waals surface area contributed by atoms with Crippen LogP contribution in [0.2, 0.25) is 0 Å². The van der Waals surface area contributed by atoms with Crippen molar-refractivity contribution in [2.75, 3.05) is 20.3 Å². The van der Waals surface area contributed by atoms with Gasteiger partial charge in [-0.2, -0.15) is 0 Å². The van der Waals surface area contributed by atoms with Crippen molar-refractivity contribution in [3.05, 3.63) is 29.8 Å². The van der Waals surface area contributed by atoms with E-state index in [0.29, 0.717) is 6.42 Å². The van der Waals surface area contributed by atoms with Crippen LogP contribution in [-0.2, 0) is 16.0 Å². The average Bonchev–Trinajstić information content (AvgIpc) is 2.58. The van der Waals surface area contributed by atoms with Crippen LogP contribution in [0.15, 0.2) is 24.3 Å². The van der Waals surface area contributed by atoms with Gasteiger partial charge in [0.2, 0.25) is 0 Å². The van der Waals surface area contributed by atoms with Gasteiger partial charge in [0.05, 0.1) is 26.4 Å². The summed E-state index contributed by atoms with van der Waals surface area (Å²) >= 11 is 0. The number of aryl methyl sites for hydroxylation is 1. The third-order valence-electron chi connectivity index (χ3n) is 3.70. The Morgan fingerprint density at radius 3 is 2.39 bits per heavy atom. The Labute approximate surface area is 135 Å². The summed E-state index contributed by atoms with van der Waals surface area (Å²) in [4.78, 5) is 11.8. The van der Waals surface area contributed by atoms with Crippen molar-refractivity contribution in [1.29, 1.82) is 0 Å². The lowest BCUT2D eigenvalue weighted by Crippen LogP contribution is -2.64. The fourth-order valence-electron chi connectivity index (χ4n) is 2.15. The summed E-state index contributed by atoms with van der Waals surface area (Å²) < 4.78 is 9.81. The lowest BCUT2D eigenvalue weighted by atomic mass is 9.88. The van der Waals surface area contributed by atoms with Crippen molar-refractivity contribution in [1.82, 2.24) is 0 Å². The van der Waals surface area contributed by atoms with E-state index in [1.807, 2.05) is 12.1 Å². The zero-order valence-electron chi connectivity index (χ0n) is 13.4. The summed E-state index contributed by atoms with van der Waals surface area (Å²) in [7, 11) is 1.57. The minimum absolute atomic E-state index is 0.0620. The zero-order valence-corrected chi connectivity index (χ0v) is 13.4. The Bertz CT molecular complexity index is 492. The van der Waals surface area contributed by atoms with Crippen LogP contribution < -0.4 is 10.5 Å². The molecule has 130 valence electrons. The van der Waals surface area contributed by atoms with Crippen LogP contribution in [0, 0.1) is 0 Å². The second-order valence-corrected chi connectivity index (χ2v) is 5.32. The number of aliphatic hydroxyl groups is 3. The molecule has 0 aliphatic heterocycles. The lowest BCUT2D eigenvalue weighted by Gasteiger charge is -2.32. The predicted molar refractivity (Wildman–Crippen MR) is 84.0 cm³/mol. The Morgan fingerprint density at radius 1 is 1.30 bits per heavy atom. The van der Waals surface area contributed by atoms with Gasteiger partial charge in [0, 0.05) is 0 Å². The van der Waals surface area contributed by atoms with E-state index >= 15 is 0 Å². The number of hydrogen-bond acceptors (Lipinski definition) is 7. The Balaban J connectivity index is 2.67. The fourth-order valence-corrected chi connectivity index (χ4v) is 2.15. The summed E-state index contributed by atoms with van der Waals surface area (Å²) in [6.45, 7) is 0.821. The van der Waals surface area contributed by atoms with Gasteiger partial charge in [-0.25, -0.2) is 4.79 Å². The van der Waals surface area contributed by atoms with Crippen molar-refractivity contribution in [3.63, 3.8) is 0 Å². The number of nitrogens with two attached hydrogens (primary N) is 1. The first kappa shape index (κ1) is 19.4. The number of ether oxygens (including phenoxy) is 2. The summed E-state index contributed by atoms with van der Waals surface area (Å²) in [5.74, 6) is -0.226. The standard InChI is InChI=1S/C16H25NO6/c1-3-23-15(21)16(17,10-18)14(20)13(19)9-6-11-4-7-12(22-2)8-5-11/h4-5,7-8,13-14,18-20H,3,6,9-10,17H2,1-2H3. The molecule has 0 amide bonds. The monoisotopic (exact) mass is 327 g/mol. The third kappa shape index (κ3) is 4.90. The van der Waals surface area contributed by atoms with Gasteiger partial charge < -0.3 is 30.5 Å². The lowest BCUT2D eigenvalue weighted by molar-refractivity contribution is -0.161. The molecule has 7 heteroatoms. The molecule has 5 N–H and O–H groups in total. The molecule has 1 aromatic rings. The maximum atomic E-state index is 11.8. The maximum Gasteiger partial charge on any atom is 0.331 e. The number of aliphatic hydroxyl groups excluding tert-OH is 3. The van der Waals surface area contributed by atoms with E-state index in [0.717, 1.165) is 11.3 Å². The largest absolute Gasteiger partial charge is 0.497 e. The van der Waals surface area contributed by atoms with Crippen LogP contribution in [0.5, 0.6) is 5.75 Å². The van der Waals surface area contributed by atoms with E-state index in [4.69, 9.17) is 15.2 Å². The molecule has 7 nitrogen and oxygen atoms in total. The number of hydrogen-bond donors (Lipinski definition) is 4. The van der Waals surface area contributed by atoms with Crippen molar-refractivity contribution in [2.24, 2.45) is 5.73 Å². The highest BCUT2D eigenvalue weighted by molar-refractivity contribution is 5.81. The van der Waals surface area contributed by atoms with Gasteiger partial charge in [-0.05, 0) is 37.5 Å². The van der Waals surface area contributed by atoms with E-state index in [9.17, 15) is 20.1 Å². The van der Waals surface area contributed by atoms with Gasteiger partial charge in [0.1, 0.15) is 11.9 Å². The maximum absolute atomic E-state index is 11.8. The Kier molecular flexibility index (Phi) is 7.44. The molecule has 3 unspecified atom stereocenters. The van der Waals surface area contributed by atoms with Gasteiger partial charge in [0.25, 0.3) is 0 Å². The molecule has 1 aromatic carbocycles. The highest BCUT2D eigenvalue weighted by Crippen LogP contribution is 2.18. The van der Waals surface area contributed by atoms with Crippen molar-refractivity contribution in [3.8, 4) is 5.75 Å². The van der Waals surface area contributed by atoms with E-state index in [1.54, 1.807) is 26.2 Å². The second kappa shape index (κ2) is 8.83. The van der Waals surface area contributed by atoms with Crippen LogP contribution in [0.25, 0.3) is 0 Å². The number of methoxy groups -OCH3 is 1. The first-order valence-electron chi connectivity index (χ1n) is 7.45. The van der Waals surface area contributed by atoms with E-state index in [2.05, 4.69) is 0 Å². The van der Waals surface area contributed by atoms with Crippen LogP contribution >= 0.6 is 0 Å². The number of carbonyl (C=O) groups is 1. The summed E-state index contributed by atoms with van der Waals surface area (Å²) in [6, 6.07) is 7.26. The minimum Gasteiger partial charge on any atom is -0.497 e.